The van der Waals surface area contributed by atoms with Crippen molar-refractivity contribution in [2.75, 3.05) is 26.2 Å². The van der Waals surface area contributed by atoms with E-state index in [2.05, 4.69) is 0 Å². The highest BCUT2D eigenvalue weighted by molar-refractivity contribution is 6.05. The zero-order valence-electron chi connectivity index (χ0n) is 13.0. The Morgan fingerprint density at radius 3 is 2.87 bits per heavy atom. The molecular formula is C17H20F2N2O2. The first kappa shape index (κ1) is 15.9. The van der Waals surface area contributed by atoms with E-state index in [1.165, 1.54) is 6.26 Å². The zero-order valence-corrected chi connectivity index (χ0v) is 13.0. The van der Waals surface area contributed by atoms with Gasteiger partial charge in [0, 0.05) is 31.1 Å². The minimum absolute atomic E-state index is 0.0279. The van der Waals surface area contributed by atoms with Crippen LogP contribution in [0.2, 0.25) is 0 Å². The lowest BCUT2D eigenvalue weighted by Gasteiger charge is -2.41. The average molecular weight is 322 g/mol. The van der Waals surface area contributed by atoms with Crippen molar-refractivity contribution in [3.63, 3.8) is 0 Å². The van der Waals surface area contributed by atoms with Gasteiger partial charge in [-0.05, 0) is 12.5 Å². The molecule has 0 bridgehead atoms. The smallest absolute Gasteiger partial charge is 0.257 e. The lowest BCUT2D eigenvalue weighted by molar-refractivity contribution is 0.0187. The molecule has 6 heteroatoms. The standard InChI is InChI=1S/C17H20F2N2O2/c1-2-12-9-21(8-7-20(12)10-16(18)19)17(22)14-11-23-15-6-4-3-5-13(14)15/h3-6,11-12,16H,2,7-10H2,1H3. The van der Waals surface area contributed by atoms with Crippen LogP contribution in [0.3, 0.4) is 0 Å². The van der Waals surface area contributed by atoms with E-state index in [0.717, 1.165) is 11.8 Å². The van der Waals surface area contributed by atoms with Crippen LogP contribution < -0.4 is 0 Å². The molecule has 1 aliphatic rings. The topological polar surface area (TPSA) is 36.7 Å². The van der Waals surface area contributed by atoms with Crippen molar-refractivity contribution >= 4 is 16.9 Å². The number of hydrogen-bond acceptors (Lipinski definition) is 3. The molecule has 1 saturated heterocycles. The van der Waals surface area contributed by atoms with Crippen LogP contribution in [-0.2, 0) is 0 Å². The first-order chi connectivity index (χ1) is 11.1. The highest BCUT2D eigenvalue weighted by atomic mass is 19.3. The van der Waals surface area contributed by atoms with Crippen LogP contribution in [0.4, 0.5) is 8.78 Å². The molecule has 3 rings (SSSR count). The molecule has 23 heavy (non-hydrogen) atoms. The van der Waals surface area contributed by atoms with Crippen molar-refractivity contribution in [2.24, 2.45) is 0 Å². The van der Waals surface area contributed by atoms with Crippen molar-refractivity contribution in [1.29, 1.82) is 0 Å². The fraction of sp³-hybridized carbons (Fsp3) is 0.471. The normalized spacial score (nSPS) is 19.7. The third-order valence-corrected chi connectivity index (χ3v) is 4.45. The minimum atomic E-state index is -2.34. The number of amides is 1. The van der Waals surface area contributed by atoms with Gasteiger partial charge in [-0.25, -0.2) is 8.78 Å². The first-order valence-corrected chi connectivity index (χ1v) is 7.87. The van der Waals surface area contributed by atoms with Gasteiger partial charge in [0.25, 0.3) is 12.3 Å². The molecule has 1 unspecified atom stereocenters. The molecule has 1 aromatic carbocycles. The third kappa shape index (κ3) is 3.22. The van der Waals surface area contributed by atoms with Crippen molar-refractivity contribution in [1.82, 2.24) is 9.80 Å². The molecule has 2 aromatic rings. The van der Waals surface area contributed by atoms with E-state index >= 15 is 0 Å². The highest BCUT2D eigenvalue weighted by Gasteiger charge is 2.31. The molecule has 0 aliphatic carbocycles. The lowest BCUT2D eigenvalue weighted by atomic mass is 10.1. The van der Waals surface area contributed by atoms with Gasteiger partial charge in [0.1, 0.15) is 11.8 Å². The van der Waals surface area contributed by atoms with E-state index in [1.54, 1.807) is 9.80 Å². The zero-order chi connectivity index (χ0) is 16.4. The van der Waals surface area contributed by atoms with Crippen LogP contribution in [0.25, 0.3) is 11.0 Å². The molecule has 4 nitrogen and oxygen atoms in total. The summed E-state index contributed by atoms with van der Waals surface area (Å²) in [6.45, 7) is 3.15. The Balaban J connectivity index is 1.76. The maximum atomic E-state index is 12.8. The maximum absolute atomic E-state index is 12.8. The highest BCUT2D eigenvalue weighted by Crippen LogP contribution is 2.24. The molecule has 1 amide bonds. The van der Waals surface area contributed by atoms with Gasteiger partial charge in [-0.1, -0.05) is 25.1 Å². The van der Waals surface area contributed by atoms with Crippen LogP contribution >= 0.6 is 0 Å². The molecule has 1 aromatic heterocycles. The Bertz CT molecular complexity index is 686. The predicted molar refractivity (Wildman–Crippen MR) is 83.8 cm³/mol. The number of carbonyl (C=O) groups excluding carboxylic acids is 1. The third-order valence-electron chi connectivity index (χ3n) is 4.45. The largest absolute Gasteiger partial charge is 0.463 e. The van der Waals surface area contributed by atoms with Crippen LogP contribution in [0, 0.1) is 0 Å². The summed E-state index contributed by atoms with van der Waals surface area (Å²) in [4.78, 5) is 16.3. The van der Waals surface area contributed by atoms with Crippen molar-refractivity contribution in [2.45, 2.75) is 25.8 Å². The molecule has 1 aliphatic heterocycles. The Hall–Kier alpha value is -1.95. The molecule has 0 N–H and O–H groups in total. The molecule has 1 atom stereocenters. The summed E-state index contributed by atoms with van der Waals surface area (Å²) in [5, 5.41) is 0.792. The Morgan fingerprint density at radius 1 is 1.35 bits per heavy atom. The number of furan rings is 1. The molecule has 0 saturated carbocycles. The molecular weight excluding hydrogens is 302 g/mol. The van der Waals surface area contributed by atoms with Gasteiger partial charge in [0.15, 0.2) is 0 Å². The number of benzene rings is 1. The summed E-state index contributed by atoms with van der Waals surface area (Å²) in [7, 11) is 0. The summed E-state index contributed by atoms with van der Waals surface area (Å²) in [6, 6.07) is 7.37. The Kier molecular flexibility index (Phi) is 4.61. The molecule has 1 fully saturated rings. The molecule has 0 spiro atoms. The number of fused-ring (bicyclic) bond motifs is 1. The van der Waals surface area contributed by atoms with Gasteiger partial charge in [-0.3, -0.25) is 9.69 Å². The van der Waals surface area contributed by atoms with E-state index in [1.807, 2.05) is 31.2 Å². The van der Waals surface area contributed by atoms with Crippen LogP contribution in [-0.4, -0.2) is 54.4 Å². The fourth-order valence-electron chi connectivity index (χ4n) is 3.20. The molecule has 0 radical (unpaired) electrons. The van der Waals surface area contributed by atoms with E-state index in [4.69, 9.17) is 4.42 Å². The second-order valence-corrected chi connectivity index (χ2v) is 5.84. The summed E-state index contributed by atoms with van der Waals surface area (Å²) in [5.74, 6) is -0.0925. The van der Waals surface area contributed by atoms with E-state index in [0.29, 0.717) is 30.8 Å². The number of hydrogen-bond donors (Lipinski definition) is 0. The van der Waals surface area contributed by atoms with Crippen LogP contribution in [0.5, 0.6) is 0 Å². The van der Waals surface area contributed by atoms with E-state index < -0.39 is 6.43 Å². The van der Waals surface area contributed by atoms with Crippen molar-refractivity contribution in [3.8, 4) is 0 Å². The lowest BCUT2D eigenvalue weighted by Crippen LogP contribution is -2.55. The maximum Gasteiger partial charge on any atom is 0.257 e. The summed E-state index contributed by atoms with van der Waals surface area (Å²) in [5.41, 5.74) is 1.22. The van der Waals surface area contributed by atoms with Gasteiger partial charge in [0.2, 0.25) is 0 Å². The number of rotatable bonds is 4. The Morgan fingerprint density at radius 2 is 2.13 bits per heavy atom. The van der Waals surface area contributed by atoms with Crippen LogP contribution in [0.1, 0.15) is 23.7 Å². The van der Waals surface area contributed by atoms with E-state index in [9.17, 15) is 13.6 Å². The number of nitrogens with zero attached hydrogens (tertiary/aromatic N) is 2. The first-order valence-electron chi connectivity index (χ1n) is 7.87. The van der Waals surface area contributed by atoms with Gasteiger partial charge >= 0.3 is 0 Å². The molecule has 2 heterocycles. The Labute approximate surface area is 133 Å². The van der Waals surface area contributed by atoms with Gasteiger partial charge < -0.3 is 9.32 Å². The number of para-hydroxylation sites is 1. The fourth-order valence-corrected chi connectivity index (χ4v) is 3.20. The van der Waals surface area contributed by atoms with Crippen LogP contribution in [0.15, 0.2) is 34.9 Å². The number of carbonyl (C=O) groups is 1. The predicted octanol–water partition coefficient (Wildman–Crippen LogP) is 3.23. The summed E-state index contributed by atoms with van der Waals surface area (Å²) < 4.78 is 30.7. The monoisotopic (exact) mass is 322 g/mol. The van der Waals surface area contributed by atoms with Gasteiger partial charge in [-0.15, -0.1) is 0 Å². The average Bonchev–Trinajstić information content (AvgIpc) is 2.98. The number of halogens is 2. The number of piperazine rings is 1. The SMILES string of the molecule is CCC1CN(C(=O)c2coc3ccccc23)CCN1CC(F)F. The van der Waals surface area contributed by atoms with Crippen molar-refractivity contribution in [3.05, 3.63) is 36.1 Å². The summed E-state index contributed by atoms with van der Waals surface area (Å²) in [6.07, 6.45) is -0.119. The minimum Gasteiger partial charge on any atom is -0.463 e. The quantitative estimate of drug-likeness (QED) is 0.867. The van der Waals surface area contributed by atoms with Gasteiger partial charge in [-0.2, -0.15) is 0 Å². The number of alkyl halides is 2. The van der Waals surface area contributed by atoms with E-state index in [-0.39, 0.29) is 18.5 Å². The summed E-state index contributed by atoms with van der Waals surface area (Å²) >= 11 is 0. The second kappa shape index (κ2) is 6.66. The second-order valence-electron chi connectivity index (χ2n) is 5.84. The van der Waals surface area contributed by atoms with Crippen molar-refractivity contribution < 1.29 is 18.0 Å². The molecule has 124 valence electrons. The van der Waals surface area contributed by atoms with Gasteiger partial charge in [0.05, 0.1) is 12.1 Å².